The summed E-state index contributed by atoms with van der Waals surface area (Å²) in [6.07, 6.45) is 5.09. The van der Waals surface area contributed by atoms with E-state index in [4.69, 9.17) is 0 Å². The van der Waals surface area contributed by atoms with Gasteiger partial charge in [0.15, 0.2) is 0 Å². The summed E-state index contributed by atoms with van der Waals surface area (Å²) in [5, 5.41) is 6.36. The summed E-state index contributed by atoms with van der Waals surface area (Å²) < 4.78 is 0. The Hall–Kier alpha value is -2.27. The molecule has 5 heteroatoms. The number of benzene rings is 2. The first-order valence-corrected chi connectivity index (χ1v) is 9.44. The Kier molecular flexibility index (Phi) is 5.76. The van der Waals surface area contributed by atoms with Crippen LogP contribution in [0.5, 0.6) is 0 Å². The van der Waals surface area contributed by atoms with E-state index in [1.807, 2.05) is 30.0 Å². The second-order valence-electron chi connectivity index (χ2n) is 6.23. The van der Waals surface area contributed by atoms with E-state index in [1.54, 1.807) is 24.3 Å². The van der Waals surface area contributed by atoms with Gasteiger partial charge in [-0.25, -0.2) is 0 Å². The van der Waals surface area contributed by atoms with Crippen LogP contribution in [0.15, 0.2) is 53.4 Å². The van der Waals surface area contributed by atoms with Crippen molar-refractivity contribution in [2.45, 2.75) is 42.8 Å². The summed E-state index contributed by atoms with van der Waals surface area (Å²) >= 11 is 1.86. The first-order chi connectivity index (χ1) is 12.1. The van der Waals surface area contributed by atoms with E-state index < -0.39 is 0 Å². The zero-order valence-electron chi connectivity index (χ0n) is 14.2. The van der Waals surface area contributed by atoms with Crippen LogP contribution >= 0.6 is 11.8 Å². The summed E-state index contributed by atoms with van der Waals surface area (Å²) in [7, 11) is 0. The largest absolute Gasteiger partial charge is 0.326 e. The fraction of sp³-hybridized carbons (Fsp3) is 0.300. The lowest BCUT2D eigenvalue weighted by Gasteiger charge is -2.14. The van der Waals surface area contributed by atoms with E-state index in [2.05, 4.69) is 16.7 Å². The van der Waals surface area contributed by atoms with Gasteiger partial charge in [-0.05, 0) is 49.2 Å². The normalized spacial score (nSPS) is 14.3. The van der Waals surface area contributed by atoms with Gasteiger partial charge in [-0.15, -0.1) is 11.8 Å². The maximum absolute atomic E-state index is 12.5. The van der Waals surface area contributed by atoms with Crippen LogP contribution in [0.1, 0.15) is 43.0 Å². The number of hydrogen-bond donors (Lipinski definition) is 2. The zero-order chi connectivity index (χ0) is 17.6. The van der Waals surface area contributed by atoms with Gasteiger partial charge < -0.3 is 10.6 Å². The first-order valence-electron chi connectivity index (χ1n) is 8.56. The molecule has 0 aromatic heterocycles. The second kappa shape index (κ2) is 8.21. The molecule has 3 rings (SSSR count). The number of thioether (sulfide) groups is 1. The van der Waals surface area contributed by atoms with Crippen molar-refractivity contribution in [3.63, 3.8) is 0 Å². The Balaban J connectivity index is 1.69. The number of rotatable bonds is 5. The highest BCUT2D eigenvalue weighted by Crippen LogP contribution is 2.38. The van der Waals surface area contributed by atoms with Crippen LogP contribution in [0.3, 0.4) is 0 Å². The number of para-hydroxylation sites is 1. The molecule has 1 fully saturated rings. The zero-order valence-corrected chi connectivity index (χ0v) is 15.1. The SMILES string of the molecule is CC(=O)Nc1ccc(C(=O)Nc2ccccc2SC2CCCC2)cc1. The molecule has 4 nitrogen and oxygen atoms in total. The van der Waals surface area contributed by atoms with Crippen LogP contribution in [0.25, 0.3) is 0 Å². The minimum absolute atomic E-state index is 0.130. The van der Waals surface area contributed by atoms with Gasteiger partial charge in [-0.2, -0.15) is 0 Å². The van der Waals surface area contributed by atoms with Crippen molar-refractivity contribution in [3.8, 4) is 0 Å². The molecule has 130 valence electrons. The molecule has 0 radical (unpaired) electrons. The fourth-order valence-electron chi connectivity index (χ4n) is 2.96. The van der Waals surface area contributed by atoms with Gasteiger partial charge in [0.2, 0.25) is 5.91 Å². The quantitative estimate of drug-likeness (QED) is 0.800. The molecule has 1 aliphatic carbocycles. The molecule has 0 spiro atoms. The van der Waals surface area contributed by atoms with Crippen molar-refractivity contribution in [2.24, 2.45) is 0 Å². The van der Waals surface area contributed by atoms with Crippen molar-refractivity contribution in [1.82, 2.24) is 0 Å². The molecule has 2 aromatic carbocycles. The van der Waals surface area contributed by atoms with Crippen molar-refractivity contribution >= 4 is 35.0 Å². The molecule has 1 saturated carbocycles. The minimum Gasteiger partial charge on any atom is -0.326 e. The molecule has 0 aliphatic heterocycles. The Morgan fingerprint density at radius 3 is 2.32 bits per heavy atom. The molecule has 2 amide bonds. The van der Waals surface area contributed by atoms with Gasteiger partial charge in [0.05, 0.1) is 5.69 Å². The molecule has 25 heavy (non-hydrogen) atoms. The van der Waals surface area contributed by atoms with E-state index >= 15 is 0 Å². The Bertz CT molecular complexity index is 753. The van der Waals surface area contributed by atoms with Crippen LogP contribution in [-0.4, -0.2) is 17.1 Å². The van der Waals surface area contributed by atoms with E-state index in [-0.39, 0.29) is 11.8 Å². The lowest BCUT2D eigenvalue weighted by atomic mass is 10.2. The Morgan fingerprint density at radius 1 is 0.960 bits per heavy atom. The predicted molar refractivity (Wildman–Crippen MR) is 103 cm³/mol. The van der Waals surface area contributed by atoms with Crippen LogP contribution in [0, 0.1) is 0 Å². The van der Waals surface area contributed by atoms with Crippen molar-refractivity contribution < 1.29 is 9.59 Å². The average molecular weight is 354 g/mol. The lowest BCUT2D eigenvalue weighted by Crippen LogP contribution is -2.13. The second-order valence-corrected chi connectivity index (χ2v) is 7.58. The number of hydrogen-bond acceptors (Lipinski definition) is 3. The lowest BCUT2D eigenvalue weighted by molar-refractivity contribution is -0.114. The summed E-state index contributed by atoms with van der Waals surface area (Å²) in [5.74, 6) is -0.274. The fourth-order valence-corrected chi connectivity index (χ4v) is 4.29. The van der Waals surface area contributed by atoms with Crippen LogP contribution in [0.2, 0.25) is 0 Å². The summed E-state index contributed by atoms with van der Waals surface area (Å²) in [4.78, 5) is 24.7. The molecule has 0 unspecified atom stereocenters. The van der Waals surface area contributed by atoms with Gasteiger partial charge in [-0.1, -0.05) is 25.0 Å². The van der Waals surface area contributed by atoms with Crippen LogP contribution < -0.4 is 10.6 Å². The first kappa shape index (κ1) is 17.5. The molecule has 0 heterocycles. The van der Waals surface area contributed by atoms with Gasteiger partial charge in [0, 0.05) is 28.3 Å². The maximum Gasteiger partial charge on any atom is 0.255 e. The summed E-state index contributed by atoms with van der Waals surface area (Å²) in [6, 6.07) is 14.9. The topological polar surface area (TPSA) is 58.2 Å². The van der Waals surface area contributed by atoms with Crippen molar-refractivity contribution in [3.05, 3.63) is 54.1 Å². The third-order valence-electron chi connectivity index (χ3n) is 4.20. The molecular formula is C20H22N2O2S. The van der Waals surface area contributed by atoms with E-state index in [0.717, 1.165) is 10.6 Å². The Labute approximate surface area is 152 Å². The smallest absolute Gasteiger partial charge is 0.255 e. The third-order valence-corrected chi connectivity index (χ3v) is 5.61. The molecule has 1 aliphatic rings. The summed E-state index contributed by atoms with van der Waals surface area (Å²) in [5.41, 5.74) is 2.10. The number of carbonyl (C=O) groups excluding carboxylic acids is 2. The predicted octanol–water partition coefficient (Wildman–Crippen LogP) is 4.93. The average Bonchev–Trinajstić information content (AvgIpc) is 3.10. The molecule has 2 aromatic rings. The molecule has 0 saturated heterocycles. The molecule has 0 bridgehead atoms. The van der Waals surface area contributed by atoms with E-state index in [0.29, 0.717) is 16.5 Å². The standard InChI is InChI=1S/C20H22N2O2S/c1-14(23)21-16-12-10-15(11-13-16)20(24)22-18-8-4-5-9-19(18)25-17-6-2-3-7-17/h4-5,8-13,17H,2-3,6-7H2,1H3,(H,21,23)(H,22,24). The number of carbonyl (C=O) groups is 2. The van der Waals surface area contributed by atoms with Gasteiger partial charge in [0.25, 0.3) is 5.91 Å². The maximum atomic E-state index is 12.5. The Morgan fingerprint density at radius 2 is 1.64 bits per heavy atom. The number of nitrogens with one attached hydrogen (secondary N) is 2. The molecule has 2 N–H and O–H groups in total. The van der Waals surface area contributed by atoms with Crippen LogP contribution in [0.4, 0.5) is 11.4 Å². The van der Waals surface area contributed by atoms with Crippen LogP contribution in [-0.2, 0) is 4.79 Å². The highest BCUT2D eigenvalue weighted by atomic mass is 32.2. The molecular weight excluding hydrogens is 332 g/mol. The van der Waals surface area contributed by atoms with Gasteiger partial charge in [0.1, 0.15) is 0 Å². The van der Waals surface area contributed by atoms with E-state index in [1.165, 1.54) is 32.6 Å². The monoisotopic (exact) mass is 354 g/mol. The van der Waals surface area contributed by atoms with Gasteiger partial charge in [-0.3, -0.25) is 9.59 Å². The highest BCUT2D eigenvalue weighted by molar-refractivity contribution is 8.00. The molecule has 0 atom stereocenters. The number of anilines is 2. The summed E-state index contributed by atoms with van der Waals surface area (Å²) in [6.45, 7) is 1.46. The van der Waals surface area contributed by atoms with E-state index in [9.17, 15) is 9.59 Å². The van der Waals surface area contributed by atoms with Crippen molar-refractivity contribution in [2.75, 3.05) is 10.6 Å². The minimum atomic E-state index is -0.145. The highest BCUT2D eigenvalue weighted by Gasteiger charge is 2.18. The van der Waals surface area contributed by atoms with Crippen molar-refractivity contribution in [1.29, 1.82) is 0 Å². The number of amides is 2. The van der Waals surface area contributed by atoms with Gasteiger partial charge >= 0.3 is 0 Å². The third kappa shape index (κ3) is 4.86.